The Morgan fingerprint density at radius 1 is 1.38 bits per heavy atom. The third-order valence-corrected chi connectivity index (χ3v) is 4.66. The van der Waals surface area contributed by atoms with Gasteiger partial charge >= 0.3 is 0 Å². The van der Waals surface area contributed by atoms with Gasteiger partial charge in [-0.3, -0.25) is 4.79 Å². The second kappa shape index (κ2) is 5.72. The molecule has 5 heteroatoms. The Morgan fingerprint density at radius 2 is 2.19 bits per heavy atom. The van der Waals surface area contributed by atoms with Crippen LogP contribution in [0.2, 0.25) is 0 Å². The summed E-state index contributed by atoms with van der Waals surface area (Å²) < 4.78 is 27.0. The maximum atomic E-state index is 13.7. The highest BCUT2D eigenvalue weighted by molar-refractivity contribution is 5.83. The number of halogens is 2. The van der Waals surface area contributed by atoms with Gasteiger partial charge in [-0.25, -0.2) is 8.78 Å². The van der Waals surface area contributed by atoms with Crippen LogP contribution in [0.1, 0.15) is 31.2 Å². The minimum atomic E-state index is -0.844. The molecule has 1 amide bonds. The zero-order valence-electron chi connectivity index (χ0n) is 12.0. The standard InChI is InChI=1S/C16H20F2N2O/c1-9-5-6-19-8-14(9)20-16(21)12-7-11(12)10-3-2-4-13(17)15(10)18/h2-4,9,11-12,14,19H,5-8H2,1H3,(H,20,21). The number of piperidine rings is 1. The maximum Gasteiger partial charge on any atom is 0.224 e. The zero-order chi connectivity index (χ0) is 15.0. The molecule has 4 atom stereocenters. The normalized spacial score (nSPS) is 31.8. The van der Waals surface area contributed by atoms with E-state index in [1.807, 2.05) is 0 Å². The molecule has 3 rings (SSSR count). The topological polar surface area (TPSA) is 41.1 Å². The lowest BCUT2D eigenvalue weighted by molar-refractivity contribution is -0.123. The van der Waals surface area contributed by atoms with Crippen LogP contribution < -0.4 is 10.6 Å². The molecule has 21 heavy (non-hydrogen) atoms. The third-order valence-electron chi connectivity index (χ3n) is 4.66. The minimum absolute atomic E-state index is 0.0378. The number of hydrogen-bond acceptors (Lipinski definition) is 2. The highest BCUT2D eigenvalue weighted by Gasteiger charge is 2.46. The van der Waals surface area contributed by atoms with Crippen LogP contribution in [0.4, 0.5) is 8.78 Å². The largest absolute Gasteiger partial charge is 0.352 e. The Balaban J connectivity index is 1.62. The lowest BCUT2D eigenvalue weighted by Gasteiger charge is -2.30. The van der Waals surface area contributed by atoms with Crippen molar-refractivity contribution >= 4 is 5.91 Å². The molecule has 1 heterocycles. The highest BCUT2D eigenvalue weighted by atomic mass is 19.2. The quantitative estimate of drug-likeness (QED) is 0.897. The lowest BCUT2D eigenvalue weighted by Crippen LogP contribution is -2.50. The summed E-state index contributed by atoms with van der Waals surface area (Å²) in [6.07, 6.45) is 1.64. The van der Waals surface area contributed by atoms with E-state index in [9.17, 15) is 13.6 Å². The van der Waals surface area contributed by atoms with Crippen LogP contribution in [-0.2, 0) is 4.79 Å². The fourth-order valence-electron chi connectivity index (χ4n) is 3.11. The van der Waals surface area contributed by atoms with Gasteiger partial charge in [-0.15, -0.1) is 0 Å². The first-order valence-electron chi connectivity index (χ1n) is 7.53. The molecule has 3 nitrogen and oxygen atoms in total. The second-order valence-electron chi connectivity index (χ2n) is 6.18. The van der Waals surface area contributed by atoms with E-state index in [4.69, 9.17) is 0 Å². The number of benzene rings is 1. The molecular formula is C16H20F2N2O. The van der Waals surface area contributed by atoms with E-state index in [0.29, 0.717) is 17.9 Å². The van der Waals surface area contributed by atoms with Crippen molar-refractivity contribution in [1.29, 1.82) is 0 Å². The lowest BCUT2D eigenvalue weighted by atomic mass is 9.94. The van der Waals surface area contributed by atoms with E-state index in [1.54, 1.807) is 6.07 Å². The van der Waals surface area contributed by atoms with Gasteiger partial charge in [0.05, 0.1) is 0 Å². The molecule has 2 N–H and O–H groups in total. The van der Waals surface area contributed by atoms with E-state index in [-0.39, 0.29) is 23.8 Å². The van der Waals surface area contributed by atoms with Crippen LogP contribution in [0.15, 0.2) is 18.2 Å². The smallest absolute Gasteiger partial charge is 0.224 e. The van der Waals surface area contributed by atoms with Gasteiger partial charge in [-0.05, 0) is 42.9 Å². The molecule has 1 aliphatic carbocycles. The number of nitrogens with one attached hydrogen (secondary N) is 2. The molecule has 0 radical (unpaired) electrons. The van der Waals surface area contributed by atoms with Crippen molar-refractivity contribution in [1.82, 2.24) is 10.6 Å². The Hall–Kier alpha value is -1.49. The second-order valence-corrected chi connectivity index (χ2v) is 6.18. The van der Waals surface area contributed by atoms with Gasteiger partial charge < -0.3 is 10.6 Å². The predicted octanol–water partition coefficient (Wildman–Crippen LogP) is 2.18. The maximum absolute atomic E-state index is 13.7. The monoisotopic (exact) mass is 294 g/mol. The Kier molecular flexibility index (Phi) is 3.93. The molecule has 0 spiro atoms. The van der Waals surface area contributed by atoms with Gasteiger partial charge in [0, 0.05) is 18.5 Å². The van der Waals surface area contributed by atoms with Crippen LogP contribution in [0.5, 0.6) is 0 Å². The summed E-state index contributed by atoms with van der Waals surface area (Å²) in [7, 11) is 0. The number of carbonyl (C=O) groups is 1. The third kappa shape index (κ3) is 2.93. The number of hydrogen-bond donors (Lipinski definition) is 2. The number of amides is 1. The van der Waals surface area contributed by atoms with E-state index in [1.165, 1.54) is 6.07 Å². The Morgan fingerprint density at radius 3 is 2.95 bits per heavy atom. The molecule has 4 unspecified atom stereocenters. The number of carbonyl (C=O) groups excluding carboxylic acids is 1. The molecule has 2 fully saturated rings. The van der Waals surface area contributed by atoms with Gasteiger partial charge in [0.25, 0.3) is 0 Å². The van der Waals surface area contributed by atoms with Gasteiger partial charge in [0.15, 0.2) is 11.6 Å². The molecule has 1 saturated heterocycles. The van der Waals surface area contributed by atoms with Gasteiger partial charge in [0.1, 0.15) is 0 Å². The molecule has 1 aliphatic heterocycles. The van der Waals surface area contributed by atoms with E-state index in [2.05, 4.69) is 17.6 Å². The fourth-order valence-corrected chi connectivity index (χ4v) is 3.11. The van der Waals surface area contributed by atoms with Crippen LogP contribution in [0.25, 0.3) is 0 Å². The van der Waals surface area contributed by atoms with Crippen LogP contribution >= 0.6 is 0 Å². The average Bonchev–Trinajstić information content (AvgIpc) is 3.25. The molecule has 1 saturated carbocycles. The van der Waals surface area contributed by atoms with Crippen molar-refractivity contribution in [2.45, 2.75) is 31.7 Å². The summed E-state index contributed by atoms with van der Waals surface area (Å²) >= 11 is 0. The summed E-state index contributed by atoms with van der Waals surface area (Å²) in [6.45, 7) is 3.88. The van der Waals surface area contributed by atoms with Crippen molar-refractivity contribution in [2.75, 3.05) is 13.1 Å². The van der Waals surface area contributed by atoms with Crippen molar-refractivity contribution in [3.05, 3.63) is 35.4 Å². The minimum Gasteiger partial charge on any atom is -0.352 e. The van der Waals surface area contributed by atoms with Crippen LogP contribution in [-0.4, -0.2) is 25.0 Å². The van der Waals surface area contributed by atoms with E-state index >= 15 is 0 Å². The first-order chi connectivity index (χ1) is 10.1. The molecule has 1 aromatic carbocycles. The summed E-state index contributed by atoms with van der Waals surface area (Å²) in [5, 5.41) is 6.31. The molecule has 0 aromatic heterocycles. The van der Waals surface area contributed by atoms with Gasteiger partial charge in [0.2, 0.25) is 5.91 Å². The van der Waals surface area contributed by atoms with E-state index < -0.39 is 11.6 Å². The Bertz CT molecular complexity index is 549. The summed E-state index contributed by atoms with van der Waals surface area (Å²) in [5.74, 6) is -1.67. The molecule has 2 aliphatic rings. The predicted molar refractivity (Wildman–Crippen MR) is 75.8 cm³/mol. The van der Waals surface area contributed by atoms with Crippen LogP contribution in [0, 0.1) is 23.5 Å². The highest BCUT2D eigenvalue weighted by Crippen LogP contribution is 2.48. The SMILES string of the molecule is CC1CCNCC1NC(=O)C1CC1c1cccc(F)c1F. The van der Waals surface area contributed by atoms with E-state index in [0.717, 1.165) is 25.6 Å². The van der Waals surface area contributed by atoms with Crippen molar-refractivity contribution < 1.29 is 13.6 Å². The van der Waals surface area contributed by atoms with Crippen LogP contribution in [0.3, 0.4) is 0 Å². The first-order valence-corrected chi connectivity index (χ1v) is 7.53. The number of rotatable bonds is 3. The Labute approximate surface area is 123 Å². The first kappa shape index (κ1) is 14.4. The molecular weight excluding hydrogens is 274 g/mol. The summed E-state index contributed by atoms with van der Waals surface area (Å²) in [6, 6.07) is 4.30. The van der Waals surface area contributed by atoms with Crippen molar-refractivity contribution in [2.24, 2.45) is 11.8 Å². The molecule has 114 valence electrons. The molecule has 0 bridgehead atoms. The molecule has 1 aromatic rings. The summed E-state index contributed by atoms with van der Waals surface area (Å²) in [5.41, 5.74) is 0.324. The fraction of sp³-hybridized carbons (Fsp3) is 0.562. The van der Waals surface area contributed by atoms with Gasteiger partial charge in [-0.1, -0.05) is 19.1 Å². The van der Waals surface area contributed by atoms with Crippen molar-refractivity contribution in [3.8, 4) is 0 Å². The average molecular weight is 294 g/mol. The summed E-state index contributed by atoms with van der Waals surface area (Å²) in [4.78, 5) is 12.2. The van der Waals surface area contributed by atoms with Gasteiger partial charge in [-0.2, -0.15) is 0 Å². The van der Waals surface area contributed by atoms with Crippen molar-refractivity contribution in [3.63, 3.8) is 0 Å². The zero-order valence-corrected chi connectivity index (χ0v) is 12.0.